The fraction of sp³-hybridized carbons (Fsp3) is 0.211. The molecule has 2 rings (SSSR count). The van der Waals surface area contributed by atoms with Gasteiger partial charge in [-0.05, 0) is 49.7 Å². The van der Waals surface area contributed by atoms with E-state index in [9.17, 15) is 9.59 Å². The lowest BCUT2D eigenvalue weighted by molar-refractivity contribution is -0.138. The molecule has 0 spiro atoms. The third-order valence-electron chi connectivity index (χ3n) is 3.43. The van der Waals surface area contributed by atoms with E-state index in [-0.39, 0.29) is 5.70 Å². The maximum atomic E-state index is 11.8. The molecule has 1 N–H and O–H groups in total. The standard InChI is InChI=1S/C19H20N2O5/c1-12-9-14(21-16(19(23)25-4)10-18(22)24-3)6-8-17(12)26-15-7-5-13(2)20-11-15/h5-11,21H,1-4H3/b16-10+. The number of ether oxygens (including phenoxy) is 3. The molecule has 0 bridgehead atoms. The fourth-order valence-corrected chi connectivity index (χ4v) is 2.07. The van der Waals surface area contributed by atoms with Crippen molar-refractivity contribution in [2.45, 2.75) is 13.8 Å². The van der Waals surface area contributed by atoms with Gasteiger partial charge in [0, 0.05) is 11.4 Å². The zero-order chi connectivity index (χ0) is 19.1. The summed E-state index contributed by atoms with van der Waals surface area (Å²) in [6.07, 6.45) is 2.68. The summed E-state index contributed by atoms with van der Waals surface area (Å²) in [5.74, 6) is -0.0708. The van der Waals surface area contributed by atoms with E-state index in [0.717, 1.165) is 17.3 Å². The van der Waals surface area contributed by atoms with Crippen LogP contribution in [0.25, 0.3) is 0 Å². The van der Waals surface area contributed by atoms with E-state index < -0.39 is 11.9 Å². The van der Waals surface area contributed by atoms with Crippen molar-refractivity contribution in [2.75, 3.05) is 19.5 Å². The molecule has 136 valence electrons. The molecule has 1 heterocycles. The molecule has 0 radical (unpaired) electrons. The van der Waals surface area contributed by atoms with Crippen LogP contribution in [0.5, 0.6) is 11.5 Å². The van der Waals surface area contributed by atoms with E-state index >= 15 is 0 Å². The van der Waals surface area contributed by atoms with Crippen molar-refractivity contribution in [3.63, 3.8) is 0 Å². The lowest BCUT2D eigenvalue weighted by Gasteiger charge is -2.13. The van der Waals surface area contributed by atoms with Crippen LogP contribution in [-0.4, -0.2) is 31.1 Å². The summed E-state index contributed by atoms with van der Waals surface area (Å²) in [6.45, 7) is 3.76. The van der Waals surface area contributed by atoms with Crippen molar-refractivity contribution in [1.82, 2.24) is 4.98 Å². The average molecular weight is 356 g/mol. The van der Waals surface area contributed by atoms with Crippen LogP contribution in [0.1, 0.15) is 11.3 Å². The van der Waals surface area contributed by atoms with E-state index in [4.69, 9.17) is 4.74 Å². The van der Waals surface area contributed by atoms with Gasteiger partial charge >= 0.3 is 11.9 Å². The van der Waals surface area contributed by atoms with Crippen LogP contribution < -0.4 is 10.1 Å². The molecule has 0 aliphatic rings. The van der Waals surface area contributed by atoms with Gasteiger partial charge in [0.05, 0.1) is 26.5 Å². The van der Waals surface area contributed by atoms with Crippen LogP contribution >= 0.6 is 0 Å². The maximum absolute atomic E-state index is 11.8. The molecule has 0 aliphatic heterocycles. The van der Waals surface area contributed by atoms with Crippen molar-refractivity contribution >= 4 is 17.6 Å². The van der Waals surface area contributed by atoms with Crippen LogP contribution in [0.4, 0.5) is 5.69 Å². The Bertz CT molecular complexity index is 828. The highest BCUT2D eigenvalue weighted by Crippen LogP contribution is 2.27. The SMILES string of the molecule is COC(=O)/C=C(/Nc1ccc(Oc2ccc(C)nc2)c(C)c1)C(=O)OC. The topological polar surface area (TPSA) is 86.8 Å². The van der Waals surface area contributed by atoms with Crippen LogP contribution in [0.2, 0.25) is 0 Å². The number of anilines is 1. The molecule has 0 unspecified atom stereocenters. The zero-order valence-corrected chi connectivity index (χ0v) is 15.0. The number of nitrogens with zero attached hydrogens (tertiary/aromatic N) is 1. The Hall–Kier alpha value is -3.35. The highest BCUT2D eigenvalue weighted by atomic mass is 16.5. The Morgan fingerprint density at radius 3 is 2.42 bits per heavy atom. The monoisotopic (exact) mass is 356 g/mol. The number of aryl methyl sites for hydroxylation is 2. The minimum atomic E-state index is -0.681. The Balaban J connectivity index is 2.19. The summed E-state index contributed by atoms with van der Waals surface area (Å²) >= 11 is 0. The Morgan fingerprint density at radius 1 is 1.08 bits per heavy atom. The van der Waals surface area contributed by atoms with Crippen molar-refractivity contribution < 1.29 is 23.8 Å². The van der Waals surface area contributed by atoms with Crippen LogP contribution in [0, 0.1) is 13.8 Å². The number of carbonyl (C=O) groups excluding carboxylic acids is 2. The van der Waals surface area contributed by atoms with Gasteiger partial charge in [-0.2, -0.15) is 0 Å². The summed E-state index contributed by atoms with van der Waals surface area (Å²) in [7, 11) is 2.46. The third kappa shape index (κ3) is 5.07. The minimum Gasteiger partial charge on any atom is -0.466 e. The number of esters is 2. The van der Waals surface area contributed by atoms with Gasteiger partial charge in [0.2, 0.25) is 0 Å². The van der Waals surface area contributed by atoms with E-state index in [1.54, 1.807) is 24.4 Å². The van der Waals surface area contributed by atoms with Crippen LogP contribution in [0.15, 0.2) is 48.3 Å². The van der Waals surface area contributed by atoms with Crippen molar-refractivity contribution in [3.05, 3.63) is 59.6 Å². The first kappa shape index (κ1) is 19.0. The second-order valence-corrected chi connectivity index (χ2v) is 5.42. The third-order valence-corrected chi connectivity index (χ3v) is 3.43. The van der Waals surface area contributed by atoms with Gasteiger partial charge in [-0.15, -0.1) is 0 Å². The number of hydrogen-bond acceptors (Lipinski definition) is 7. The molecule has 0 saturated carbocycles. The minimum absolute atomic E-state index is 0.0323. The molecule has 0 aliphatic carbocycles. The van der Waals surface area contributed by atoms with Crippen molar-refractivity contribution in [2.24, 2.45) is 0 Å². The average Bonchev–Trinajstić information content (AvgIpc) is 2.64. The number of carbonyl (C=O) groups is 2. The zero-order valence-electron chi connectivity index (χ0n) is 15.0. The molecule has 26 heavy (non-hydrogen) atoms. The van der Waals surface area contributed by atoms with Crippen molar-refractivity contribution in [3.8, 4) is 11.5 Å². The number of pyridine rings is 1. The van der Waals surface area contributed by atoms with Gasteiger partial charge in [-0.3, -0.25) is 4.98 Å². The molecule has 1 aromatic carbocycles. The Morgan fingerprint density at radius 2 is 1.85 bits per heavy atom. The molecule has 7 nitrogen and oxygen atoms in total. The lowest BCUT2D eigenvalue weighted by atomic mass is 10.2. The quantitative estimate of drug-likeness (QED) is 0.628. The predicted molar refractivity (Wildman–Crippen MR) is 96.0 cm³/mol. The molecule has 2 aromatic rings. The molecular weight excluding hydrogens is 336 g/mol. The second-order valence-electron chi connectivity index (χ2n) is 5.42. The first-order chi connectivity index (χ1) is 12.4. The maximum Gasteiger partial charge on any atom is 0.354 e. The highest BCUT2D eigenvalue weighted by Gasteiger charge is 2.13. The highest BCUT2D eigenvalue weighted by molar-refractivity contribution is 5.98. The summed E-state index contributed by atoms with van der Waals surface area (Å²) in [5, 5.41) is 2.85. The molecule has 0 amide bonds. The van der Waals surface area contributed by atoms with E-state index in [0.29, 0.717) is 17.2 Å². The molecule has 0 atom stereocenters. The van der Waals surface area contributed by atoms with Crippen molar-refractivity contribution in [1.29, 1.82) is 0 Å². The normalized spacial score (nSPS) is 10.8. The number of benzene rings is 1. The smallest absolute Gasteiger partial charge is 0.354 e. The first-order valence-electron chi connectivity index (χ1n) is 7.79. The second kappa shape index (κ2) is 8.66. The number of hydrogen-bond donors (Lipinski definition) is 1. The largest absolute Gasteiger partial charge is 0.466 e. The molecule has 7 heteroatoms. The number of aromatic nitrogens is 1. The fourth-order valence-electron chi connectivity index (χ4n) is 2.07. The lowest BCUT2D eigenvalue weighted by Crippen LogP contribution is -2.15. The Labute approximate surface area is 151 Å². The van der Waals surface area contributed by atoms with Gasteiger partial charge in [-0.25, -0.2) is 9.59 Å². The van der Waals surface area contributed by atoms with E-state index in [1.807, 2.05) is 26.0 Å². The number of rotatable bonds is 6. The first-order valence-corrected chi connectivity index (χ1v) is 7.79. The number of nitrogens with one attached hydrogen (secondary N) is 1. The van der Waals surface area contributed by atoms with Gasteiger partial charge < -0.3 is 19.5 Å². The number of methoxy groups -OCH3 is 2. The van der Waals surface area contributed by atoms with Gasteiger partial charge in [-0.1, -0.05) is 0 Å². The molecular formula is C19H20N2O5. The Kier molecular flexibility index (Phi) is 6.32. The van der Waals surface area contributed by atoms with Gasteiger partial charge in [0.25, 0.3) is 0 Å². The van der Waals surface area contributed by atoms with Gasteiger partial charge in [0.1, 0.15) is 17.2 Å². The summed E-state index contributed by atoms with van der Waals surface area (Å²) in [6, 6.07) is 8.96. The van der Waals surface area contributed by atoms with E-state index in [1.165, 1.54) is 14.2 Å². The van der Waals surface area contributed by atoms with Gasteiger partial charge in [0.15, 0.2) is 0 Å². The van der Waals surface area contributed by atoms with Crippen LogP contribution in [-0.2, 0) is 19.1 Å². The summed E-state index contributed by atoms with van der Waals surface area (Å²) in [4.78, 5) is 27.4. The molecule has 0 saturated heterocycles. The van der Waals surface area contributed by atoms with Crippen LogP contribution in [0.3, 0.4) is 0 Å². The summed E-state index contributed by atoms with van der Waals surface area (Å²) < 4.78 is 15.0. The molecule has 0 fully saturated rings. The van der Waals surface area contributed by atoms with E-state index in [2.05, 4.69) is 19.8 Å². The molecule has 1 aromatic heterocycles. The predicted octanol–water partition coefficient (Wildman–Crippen LogP) is 3.13. The summed E-state index contributed by atoms with van der Waals surface area (Å²) in [5.41, 5.74) is 2.30.